The molecule has 2 aromatic carbocycles. The number of thiophene rings is 1. The molecule has 1 saturated heterocycles. The van der Waals surface area contributed by atoms with Crippen molar-refractivity contribution < 1.29 is 14.3 Å². The van der Waals surface area contributed by atoms with Gasteiger partial charge in [0.2, 0.25) is 0 Å². The molecule has 310 valence electrons. The first-order valence-corrected chi connectivity index (χ1v) is 22.3. The summed E-state index contributed by atoms with van der Waals surface area (Å²) in [7, 11) is 1.55. The lowest BCUT2D eigenvalue weighted by Crippen LogP contribution is -2.40. The van der Waals surface area contributed by atoms with Crippen LogP contribution in [0.2, 0.25) is 5.02 Å². The Hall–Kier alpha value is -5.32. The van der Waals surface area contributed by atoms with Gasteiger partial charge in [-0.3, -0.25) is 14.4 Å². The molecule has 60 heavy (non-hydrogen) atoms. The Balaban J connectivity index is 0.782. The van der Waals surface area contributed by atoms with Gasteiger partial charge in [-0.25, -0.2) is 0 Å². The van der Waals surface area contributed by atoms with Crippen molar-refractivity contribution in [3.05, 3.63) is 104 Å². The molecule has 14 heteroatoms. The Bertz CT molecular complexity index is 2510. The van der Waals surface area contributed by atoms with Gasteiger partial charge in [-0.15, -0.1) is 31.7 Å². The number of methoxy groups -OCH3 is 1. The lowest BCUT2D eigenvalue weighted by Gasteiger charge is -2.37. The number of fused-ring (bicyclic) bond motifs is 3. The molecule has 1 spiro atoms. The second-order valence-corrected chi connectivity index (χ2v) is 18.7. The Labute approximate surface area is 360 Å². The Morgan fingerprint density at radius 3 is 2.48 bits per heavy atom. The maximum absolute atomic E-state index is 13.2. The van der Waals surface area contributed by atoms with Crippen molar-refractivity contribution in [1.29, 1.82) is 5.26 Å². The number of carbonyl (C=O) groups excluding carboxylic acids is 1. The number of nitrogens with one attached hydrogen (secondary N) is 1. The molecule has 2 aliphatic heterocycles. The number of halogens is 1. The van der Waals surface area contributed by atoms with Crippen LogP contribution in [0.5, 0.6) is 11.5 Å². The number of hydrogen-bond donors (Lipinski definition) is 1. The number of nitriles is 1. The minimum Gasteiger partial charge on any atom is -0.495 e. The van der Waals surface area contributed by atoms with Gasteiger partial charge >= 0.3 is 0 Å². The summed E-state index contributed by atoms with van der Waals surface area (Å²) in [6, 6.07) is 17.7. The largest absolute Gasteiger partial charge is 0.495 e. The van der Waals surface area contributed by atoms with Crippen molar-refractivity contribution in [3.63, 3.8) is 0 Å². The summed E-state index contributed by atoms with van der Waals surface area (Å²) in [6.07, 6.45) is 8.93. The van der Waals surface area contributed by atoms with Crippen LogP contribution in [0, 0.1) is 37.5 Å². The molecule has 5 heterocycles. The number of ether oxygens (including phenoxy) is 2. The van der Waals surface area contributed by atoms with E-state index in [1.165, 1.54) is 16.0 Å². The van der Waals surface area contributed by atoms with E-state index in [0.717, 1.165) is 115 Å². The van der Waals surface area contributed by atoms with E-state index in [-0.39, 0.29) is 29.5 Å². The molecule has 1 atom stereocenters. The van der Waals surface area contributed by atoms with Crippen LogP contribution in [0.1, 0.15) is 132 Å². The summed E-state index contributed by atoms with van der Waals surface area (Å²) < 4.78 is 13.7. The standard InChI is InChI=1S/C46H50ClN9O3S/c1-26-28(3)60-45-41(26)42(49-27(2)43-54-51-29(4)56(43)45)36-13-7-31(22-37(36)47)30-16-18-46(19-17-30)20-21-55(25-46)40-15-14-38(52-53-40)44(57)50-33-8-11-34(12-9-33)59-35-10-6-32(24-48)39(23-35)58-5/h6-7,10,13-15,22-23,27,30,33-34H,8-9,11-12,16-21,25H2,1-5H3,(H,50,57)/t27-,30?,33?,34?,46?/m0/s1. The average molecular weight is 844 g/mol. The average Bonchev–Trinajstić information content (AvgIpc) is 3.92. The van der Waals surface area contributed by atoms with Crippen molar-refractivity contribution in [2.24, 2.45) is 10.4 Å². The molecule has 3 aromatic heterocycles. The van der Waals surface area contributed by atoms with Crippen LogP contribution in [0.3, 0.4) is 0 Å². The number of nitrogens with zero attached hydrogens (tertiary/aromatic N) is 8. The third-order valence-corrected chi connectivity index (χ3v) is 14.9. The first kappa shape index (κ1) is 40.1. The predicted molar refractivity (Wildman–Crippen MR) is 233 cm³/mol. The lowest BCUT2D eigenvalue weighted by atomic mass is 9.68. The van der Waals surface area contributed by atoms with Crippen LogP contribution in [-0.2, 0) is 0 Å². The molecular formula is C46H50ClN9O3S. The molecule has 2 saturated carbocycles. The number of benzene rings is 2. The fourth-order valence-electron chi connectivity index (χ4n) is 9.77. The highest BCUT2D eigenvalue weighted by Gasteiger charge is 2.42. The van der Waals surface area contributed by atoms with Gasteiger partial charge in [0.15, 0.2) is 17.3 Å². The molecule has 1 amide bonds. The molecule has 0 bridgehead atoms. The summed E-state index contributed by atoms with van der Waals surface area (Å²) in [5, 5.41) is 32.1. The maximum atomic E-state index is 13.2. The molecule has 0 radical (unpaired) electrons. The van der Waals surface area contributed by atoms with Gasteiger partial charge in [-0.2, -0.15) is 5.26 Å². The van der Waals surface area contributed by atoms with Crippen molar-refractivity contribution in [3.8, 4) is 22.6 Å². The van der Waals surface area contributed by atoms with Crippen LogP contribution < -0.4 is 19.7 Å². The zero-order valence-electron chi connectivity index (χ0n) is 34.8. The van der Waals surface area contributed by atoms with Crippen molar-refractivity contribution in [2.45, 2.75) is 110 Å². The summed E-state index contributed by atoms with van der Waals surface area (Å²) in [5.74, 6) is 3.99. The number of hydrogen-bond acceptors (Lipinski definition) is 11. The third-order valence-electron chi connectivity index (χ3n) is 13.4. The molecule has 5 aromatic rings. The van der Waals surface area contributed by atoms with Crippen LogP contribution >= 0.6 is 22.9 Å². The van der Waals surface area contributed by atoms with Gasteiger partial charge < -0.3 is 19.7 Å². The van der Waals surface area contributed by atoms with Gasteiger partial charge in [0.05, 0.1) is 29.5 Å². The summed E-state index contributed by atoms with van der Waals surface area (Å²) in [6.45, 7) is 10.3. The number of aryl methyl sites for hydroxylation is 2. The summed E-state index contributed by atoms with van der Waals surface area (Å²) in [4.78, 5) is 22.0. The second kappa shape index (κ2) is 16.3. The zero-order valence-corrected chi connectivity index (χ0v) is 36.4. The van der Waals surface area contributed by atoms with E-state index in [0.29, 0.717) is 28.7 Å². The van der Waals surface area contributed by atoms with E-state index < -0.39 is 0 Å². The van der Waals surface area contributed by atoms with Crippen molar-refractivity contribution in [1.82, 2.24) is 30.3 Å². The number of aliphatic imine (C=N–C) groups is 1. The monoisotopic (exact) mass is 843 g/mol. The maximum Gasteiger partial charge on any atom is 0.272 e. The zero-order chi connectivity index (χ0) is 41.7. The van der Waals surface area contributed by atoms with Gasteiger partial charge in [0.25, 0.3) is 5.91 Å². The van der Waals surface area contributed by atoms with Crippen molar-refractivity contribution >= 4 is 40.4 Å². The summed E-state index contributed by atoms with van der Waals surface area (Å²) in [5.41, 5.74) is 6.60. The second-order valence-electron chi connectivity index (χ2n) is 17.1. The topological polar surface area (TPSA) is 143 Å². The van der Waals surface area contributed by atoms with E-state index >= 15 is 0 Å². The summed E-state index contributed by atoms with van der Waals surface area (Å²) >= 11 is 8.95. The number of aromatic nitrogens is 5. The van der Waals surface area contributed by atoms with E-state index in [1.54, 1.807) is 42.7 Å². The molecule has 12 nitrogen and oxygen atoms in total. The minimum absolute atomic E-state index is 0.0375. The predicted octanol–water partition coefficient (Wildman–Crippen LogP) is 9.16. The van der Waals surface area contributed by atoms with Gasteiger partial charge in [-0.05, 0) is 138 Å². The molecule has 4 aliphatic rings. The highest BCUT2D eigenvalue weighted by Crippen LogP contribution is 2.49. The molecule has 1 N–H and O–H groups in total. The molecule has 0 unspecified atom stereocenters. The third kappa shape index (κ3) is 7.53. The van der Waals surface area contributed by atoms with Crippen LogP contribution in [-0.4, -0.2) is 68.9 Å². The molecule has 9 rings (SSSR count). The fraction of sp³-hybridized carbons (Fsp3) is 0.457. The van der Waals surface area contributed by atoms with Gasteiger partial charge in [0, 0.05) is 41.2 Å². The highest BCUT2D eigenvalue weighted by atomic mass is 35.5. The Morgan fingerprint density at radius 2 is 1.77 bits per heavy atom. The number of anilines is 1. The van der Waals surface area contributed by atoms with E-state index in [2.05, 4.69) is 80.2 Å². The minimum atomic E-state index is -0.196. The van der Waals surface area contributed by atoms with E-state index in [9.17, 15) is 10.1 Å². The normalized spacial score (nSPS) is 23.6. The van der Waals surface area contributed by atoms with E-state index in [4.69, 9.17) is 26.1 Å². The quantitative estimate of drug-likeness (QED) is 0.162. The van der Waals surface area contributed by atoms with Gasteiger partial charge in [0.1, 0.15) is 34.4 Å². The van der Waals surface area contributed by atoms with Gasteiger partial charge in [-0.1, -0.05) is 23.7 Å². The highest BCUT2D eigenvalue weighted by molar-refractivity contribution is 7.15. The molecule has 2 aliphatic carbocycles. The molecular weight excluding hydrogens is 794 g/mol. The van der Waals surface area contributed by atoms with E-state index in [1.807, 2.05) is 13.0 Å². The first-order chi connectivity index (χ1) is 29.0. The Kier molecular flexibility index (Phi) is 10.9. The smallest absolute Gasteiger partial charge is 0.272 e. The van der Waals surface area contributed by atoms with Crippen molar-refractivity contribution in [2.75, 3.05) is 25.1 Å². The molecule has 3 fully saturated rings. The van der Waals surface area contributed by atoms with Crippen LogP contribution in [0.15, 0.2) is 53.5 Å². The lowest BCUT2D eigenvalue weighted by molar-refractivity contribution is 0.0888. The first-order valence-electron chi connectivity index (χ1n) is 21.1. The number of amides is 1. The number of carbonyl (C=O) groups is 1. The number of rotatable bonds is 8. The van der Waals surface area contributed by atoms with Crippen LogP contribution in [0.25, 0.3) is 5.00 Å². The fourth-order valence-corrected chi connectivity index (χ4v) is 11.3. The van der Waals surface area contributed by atoms with Crippen LogP contribution in [0.4, 0.5) is 5.82 Å². The Morgan fingerprint density at radius 1 is 0.967 bits per heavy atom. The SMILES string of the molecule is COc1cc(OC2CCC(NC(=O)c3ccc(N4CCC5(CCC(c6ccc(C7=N[C@@H](C)c8nnc(C)n8-c8sc(C)c(C)c87)c(Cl)c6)CC5)C4)nn3)CC2)ccc1C#N.